The van der Waals surface area contributed by atoms with Crippen molar-refractivity contribution in [2.75, 3.05) is 26.1 Å². The molecule has 0 unspecified atom stereocenters. The number of hydrogen-bond acceptors (Lipinski definition) is 7. The summed E-state index contributed by atoms with van der Waals surface area (Å²) in [5.41, 5.74) is 2.50. The third-order valence-corrected chi connectivity index (χ3v) is 4.26. The molecule has 1 heterocycles. The van der Waals surface area contributed by atoms with Gasteiger partial charge >= 0.3 is 0 Å². The van der Waals surface area contributed by atoms with E-state index >= 15 is 0 Å². The van der Waals surface area contributed by atoms with Gasteiger partial charge in [0.1, 0.15) is 12.1 Å². The molecule has 0 amide bonds. The lowest BCUT2D eigenvalue weighted by atomic mass is 10.1. The number of ether oxygens (including phenoxy) is 2. The highest BCUT2D eigenvalue weighted by molar-refractivity contribution is 5.89. The van der Waals surface area contributed by atoms with Crippen molar-refractivity contribution in [1.29, 1.82) is 0 Å². The van der Waals surface area contributed by atoms with Crippen molar-refractivity contribution in [2.24, 2.45) is 0 Å². The van der Waals surface area contributed by atoms with Gasteiger partial charge in [-0.1, -0.05) is 11.6 Å². The second-order valence-electron chi connectivity index (χ2n) is 6.01. The van der Waals surface area contributed by atoms with Crippen molar-refractivity contribution in [3.63, 3.8) is 0 Å². The molecule has 140 valence electrons. The number of nitro groups is 1. The minimum absolute atomic E-state index is 0.00200. The van der Waals surface area contributed by atoms with Gasteiger partial charge in [-0.2, -0.15) is 0 Å². The molecule has 1 N–H and O–H groups in total. The molecule has 0 saturated heterocycles. The smallest absolute Gasteiger partial charge is 0.276 e. The van der Waals surface area contributed by atoms with E-state index in [9.17, 15) is 10.1 Å². The number of methoxy groups -OCH3 is 2. The van der Waals surface area contributed by atoms with Crippen LogP contribution in [-0.2, 0) is 6.42 Å². The maximum absolute atomic E-state index is 11.4. The highest BCUT2D eigenvalue weighted by atomic mass is 16.6. The van der Waals surface area contributed by atoms with Gasteiger partial charge in [0.25, 0.3) is 5.69 Å². The summed E-state index contributed by atoms with van der Waals surface area (Å²) in [6.07, 6.45) is 1.92. The number of fused-ring (bicyclic) bond motifs is 1. The van der Waals surface area contributed by atoms with Gasteiger partial charge in [0.15, 0.2) is 11.5 Å². The summed E-state index contributed by atoms with van der Waals surface area (Å²) in [7, 11) is 2.95. The van der Waals surface area contributed by atoms with Crippen LogP contribution in [0.1, 0.15) is 11.1 Å². The zero-order valence-corrected chi connectivity index (χ0v) is 15.4. The molecule has 0 spiro atoms. The molecule has 0 radical (unpaired) electrons. The summed E-state index contributed by atoms with van der Waals surface area (Å²) < 4.78 is 10.4. The summed E-state index contributed by atoms with van der Waals surface area (Å²) in [6.45, 7) is 2.47. The van der Waals surface area contributed by atoms with Crippen molar-refractivity contribution >= 4 is 22.4 Å². The second kappa shape index (κ2) is 7.86. The summed E-state index contributed by atoms with van der Waals surface area (Å²) in [5.74, 6) is 1.49. The first-order valence-corrected chi connectivity index (χ1v) is 8.38. The van der Waals surface area contributed by atoms with Crippen LogP contribution in [0.2, 0.25) is 0 Å². The molecule has 8 heteroatoms. The van der Waals surface area contributed by atoms with Crippen molar-refractivity contribution in [1.82, 2.24) is 9.97 Å². The van der Waals surface area contributed by atoms with Crippen LogP contribution in [0.3, 0.4) is 0 Å². The van der Waals surface area contributed by atoms with Crippen LogP contribution in [-0.4, -0.2) is 35.7 Å². The molecule has 0 saturated carbocycles. The van der Waals surface area contributed by atoms with Crippen LogP contribution in [0, 0.1) is 17.0 Å². The van der Waals surface area contributed by atoms with Gasteiger partial charge < -0.3 is 14.8 Å². The molecule has 8 nitrogen and oxygen atoms in total. The Balaban J connectivity index is 1.83. The first-order chi connectivity index (χ1) is 13.0. The number of benzene rings is 2. The van der Waals surface area contributed by atoms with Gasteiger partial charge in [-0.3, -0.25) is 10.1 Å². The van der Waals surface area contributed by atoms with Crippen LogP contribution in [0.4, 0.5) is 11.5 Å². The van der Waals surface area contributed by atoms with E-state index in [-0.39, 0.29) is 5.69 Å². The fourth-order valence-corrected chi connectivity index (χ4v) is 2.91. The molecular weight excluding hydrogens is 348 g/mol. The predicted molar refractivity (Wildman–Crippen MR) is 103 cm³/mol. The Hall–Kier alpha value is -3.42. The lowest BCUT2D eigenvalue weighted by Gasteiger charge is -2.12. The fraction of sp³-hybridized carbons (Fsp3) is 0.263. The minimum atomic E-state index is -0.416. The third-order valence-electron chi connectivity index (χ3n) is 4.26. The van der Waals surface area contributed by atoms with E-state index in [1.807, 2.05) is 25.1 Å². The fourth-order valence-electron chi connectivity index (χ4n) is 2.91. The van der Waals surface area contributed by atoms with Gasteiger partial charge in [0.05, 0.1) is 30.7 Å². The van der Waals surface area contributed by atoms with E-state index in [0.29, 0.717) is 35.8 Å². The zero-order chi connectivity index (χ0) is 19.4. The standard InChI is InChI=1S/C19H20N4O4/c1-12-4-5-15-14(8-12)19(22-11-21-15)20-7-6-13-9-17(26-2)18(27-3)10-16(13)23(24)25/h4-5,8-11H,6-7H2,1-3H3,(H,20,21,22). The van der Waals surface area contributed by atoms with E-state index in [1.54, 1.807) is 6.07 Å². The van der Waals surface area contributed by atoms with E-state index in [4.69, 9.17) is 9.47 Å². The van der Waals surface area contributed by atoms with Gasteiger partial charge in [-0.15, -0.1) is 0 Å². The predicted octanol–water partition coefficient (Wildman–Crippen LogP) is 3.52. The number of hydrogen-bond donors (Lipinski definition) is 1. The zero-order valence-electron chi connectivity index (χ0n) is 15.4. The molecule has 27 heavy (non-hydrogen) atoms. The number of nitro benzene ring substituents is 1. The Morgan fingerprint density at radius 2 is 1.85 bits per heavy atom. The number of nitrogens with one attached hydrogen (secondary N) is 1. The monoisotopic (exact) mass is 368 g/mol. The molecule has 3 rings (SSSR count). The van der Waals surface area contributed by atoms with Gasteiger partial charge in [0, 0.05) is 17.5 Å². The van der Waals surface area contributed by atoms with E-state index in [2.05, 4.69) is 15.3 Å². The van der Waals surface area contributed by atoms with Gasteiger partial charge in [-0.25, -0.2) is 9.97 Å². The number of rotatable bonds is 7. The van der Waals surface area contributed by atoms with Crippen molar-refractivity contribution in [2.45, 2.75) is 13.3 Å². The van der Waals surface area contributed by atoms with Gasteiger partial charge in [0.2, 0.25) is 0 Å². The molecular formula is C19H20N4O4. The Morgan fingerprint density at radius 3 is 2.56 bits per heavy atom. The summed E-state index contributed by atoms with van der Waals surface area (Å²) >= 11 is 0. The quantitative estimate of drug-likeness (QED) is 0.503. The summed E-state index contributed by atoms with van der Waals surface area (Å²) in [5, 5.41) is 15.6. The van der Waals surface area contributed by atoms with Crippen LogP contribution in [0.25, 0.3) is 10.9 Å². The molecule has 0 fully saturated rings. The highest BCUT2D eigenvalue weighted by Crippen LogP contribution is 2.34. The van der Waals surface area contributed by atoms with Crippen LogP contribution in [0.15, 0.2) is 36.7 Å². The molecule has 0 aliphatic rings. The summed E-state index contributed by atoms with van der Waals surface area (Å²) in [4.78, 5) is 19.5. The van der Waals surface area contributed by atoms with Crippen LogP contribution >= 0.6 is 0 Å². The SMILES string of the molecule is COc1cc(CCNc2ncnc3ccc(C)cc23)c([N+](=O)[O-])cc1OC. The molecule has 3 aromatic rings. The normalized spacial score (nSPS) is 10.6. The average Bonchev–Trinajstić information content (AvgIpc) is 2.67. The van der Waals surface area contributed by atoms with Crippen molar-refractivity contribution in [3.8, 4) is 11.5 Å². The molecule has 1 aromatic heterocycles. The Bertz CT molecular complexity index is 991. The first-order valence-electron chi connectivity index (χ1n) is 8.38. The topological polar surface area (TPSA) is 99.4 Å². The highest BCUT2D eigenvalue weighted by Gasteiger charge is 2.19. The van der Waals surface area contributed by atoms with Crippen LogP contribution < -0.4 is 14.8 Å². The number of nitrogens with zero attached hydrogens (tertiary/aromatic N) is 3. The lowest BCUT2D eigenvalue weighted by Crippen LogP contribution is -2.09. The number of aromatic nitrogens is 2. The second-order valence-corrected chi connectivity index (χ2v) is 6.01. The van der Waals surface area contributed by atoms with Crippen LogP contribution in [0.5, 0.6) is 11.5 Å². The number of anilines is 1. The van der Waals surface area contributed by atoms with E-state index < -0.39 is 4.92 Å². The molecule has 0 aliphatic carbocycles. The molecule has 0 bridgehead atoms. The molecule has 0 atom stereocenters. The molecule has 0 aliphatic heterocycles. The average molecular weight is 368 g/mol. The lowest BCUT2D eigenvalue weighted by molar-refractivity contribution is -0.385. The van der Waals surface area contributed by atoms with Gasteiger partial charge in [-0.05, 0) is 31.5 Å². The van der Waals surface area contributed by atoms with Crippen molar-refractivity contribution in [3.05, 3.63) is 57.9 Å². The van der Waals surface area contributed by atoms with E-state index in [0.717, 1.165) is 16.5 Å². The molecule has 2 aromatic carbocycles. The minimum Gasteiger partial charge on any atom is -0.493 e. The Labute approximate surface area is 156 Å². The van der Waals surface area contributed by atoms with Crippen molar-refractivity contribution < 1.29 is 14.4 Å². The first kappa shape index (κ1) is 18.4. The number of aryl methyl sites for hydroxylation is 1. The Kier molecular flexibility index (Phi) is 5.35. The van der Waals surface area contributed by atoms with E-state index in [1.165, 1.54) is 26.6 Å². The maximum Gasteiger partial charge on any atom is 0.276 e. The third kappa shape index (κ3) is 3.89. The summed E-state index contributed by atoms with van der Waals surface area (Å²) in [6, 6.07) is 8.97. The Morgan fingerprint density at radius 1 is 1.11 bits per heavy atom. The largest absolute Gasteiger partial charge is 0.493 e. The maximum atomic E-state index is 11.4.